The second-order valence-corrected chi connectivity index (χ2v) is 3.75. The molecule has 1 aromatic carbocycles. The van der Waals surface area contributed by atoms with Gasteiger partial charge in [0.2, 0.25) is 5.95 Å². The number of benzene rings is 1. The van der Waals surface area contributed by atoms with Gasteiger partial charge in [-0.3, -0.25) is 0 Å². The third-order valence-electron chi connectivity index (χ3n) is 2.59. The summed E-state index contributed by atoms with van der Waals surface area (Å²) >= 11 is 0. The lowest BCUT2D eigenvalue weighted by molar-refractivity contribution is 0.379. The predicted octanol–water partition coefficient (Wildman–Crippen LogP) is 1.47. The van der Waals surface area contributed by atoms with Crippen molar-refractivity contribution >= 4 is 5.95 Å². The van der Waals surface area contributed by atoms with E-state index in [0.29, 0.717) is 28.6 Å². The Morgan fingerprint density at radius 2 is 1.95 bits per heavy atom. The van der Waals surface area contributed by atoms with Crippen molar-refractivity contribution in [3.8, 4) is 29.2 Å². The van der Waals surface area contributed by atoms with Crippen molar-refractivity contribution in [3.05, 3.63) is 23.8 Å². The largest absolute Gasteiger partial charge is 0.496 e. The maximum Gasteiger partial charge on any atom is 0.321 e. The van der Waals surface area contributed by atoms with E-state index in [4.69, 9.17) is 14.7 Å². The zero-order valence-corrected chi connectivity index (χ0v) is 11.3. The van der Waals surface area contributed by atoms with Crippen molar-refractivity contribution in [3.63, 3.8) is 0 Å². The summed E-state index contributed by atoms with van der Waals surface area (Å²) in [5.74, 6) is 1.31. The van der Waals surface area contributed by atoms with Crippen molar-refractivity contribution in [2.75, 3.05) is 26.6 Å². The lowest BCUT2D eigenvalue weighted by Gasteiger charge is -2.09. The van der Waals surface area contributed by atoms with Gasteiger partial charge in [0, 0.05) is 7.05 Å². The van der Waals surface area contributed by atoms with Gasteiger partial charge in [0.25, 0.3) is 0 Å². The van der Waals surface area contributed by atoms with Crippen LogP contribution in [0.25, 0.3) is 11.4 Å². The van der Waals surface area contributed by atoms with E-state index in [1.807, 2.05) is 0 Å². The molecule has 2 rings (SSSR count). The van der Waals surface area contributed by atoms with Gasteiger partial charge in [-0.05, 0) is 18.2 Å². The van der Waals surface area contributed by atoms with Gasteiger partial charge in [-0.15, -0.1) is 0 Å². The number of hydrogen-bond acceptors (Lipinski definition) is 7. The summed E-state index contributed by atoms with van der Waals surface area (Å²) in [4.78, 5) is 12.5. The highest BCUT2D eigenvalue weighted by molar-refractivity contribution is 5.67. The molecule has 102 valence electrons. The Morgan fingerprint density at radius 3 is 2.55 bits per heavy atom. The summed E-state index contributed by atoms with van der Waals surface area (Å²) in [5, 5.41) is 11.8. The molecule has 0 aliphatic heterocycles. The standard InChI is InChI=1S/C13H13N5O2/c1-15-12-16-11(17-13(18-12)20-3)9-6-8(7-14)4-5-10(9)19-2/h4-6H,1-3H3,(H,15,16,17,18). The first-order valence-electron chi connectivity index (χ1n) is 5.78. The summed E-state index contributed by atoms with van der Waals surface area (Å²) in [6.07, 6.45) is 0. The second-order valence-electron chi connectivity index (χ2n) is 3.75. The molecule has 7 heteroatoms. The number of hydrogen-bond donors (Lipinski definition) is 1. The molecule has 0 radical (unpaired) electrons. The van der Waals surface area contributed by atoms with Crippen LogP contribution in [-0.2, 0) is 0 Å². The molecule has 0 spiro atoms. The van der Waals surface area contributed by atoms with Crippen LogP contribution in [0.15, 0.2) is 18.2 Å². The van der Waals surface area contributed by atoms with E-state index in [1.54, 1.807) is 32.4 Å². The van der Waals surface area contributed by atoms with Crippen LogP contribution in [0, 0.1) is 11.3 Å². The fourth-order valence-corrected chi connectivity index (χ4v) is 1.63. The molecule has 0 amide bonds. The molecule has 0 aliphatic rings. The zero-order valence-electron chi connectivity index (χ0n) is 11.3. The number of rotatable bonds is 4. The zero-order chi connectivity index (χ0) is 14.5. The van der Waals surface area contributed by atoms with Gasteiger partial charge in [0.05, 0.1) is 31.4 Å². The molecule has 0 unspecified atom stereocenters. The monoisotopic (exact) mass is 271 g/mol. The van der Waals surface area contributed by atoms with Crippen LogP contribution in [0.2, 0.25) is 0 Å². The Kier molecular flexibility index (Phi) is 3.96. The highest BCUT2D eigenvalue weighted by Gasteiger charge is 2.13. The van der Waals surface area contributed by atoms with E-state index >= 15 is 0 Å². The number of nitrogens with one attached hydrogen (secondary N) is 1. The number of nitriles is 1. The van der Waals surface area contributed by atoms with E-state index in [-0.39, 0.29) is 6.01 Å². The van der Waals surface area contributed by atoms with Gasteiger partial charge in [-0.2, -0.15) is 20.2 Å². The Balaban J connectivity index is 2.63. The Labute approximate surface area is 116 Å². The van der Waals surface area contributed by atoms with Crippen molar-refractivity contribution in [1.82, 2.24) is 15.0 Å². The lowest BCUT2D eigenvalue weighted by Crippen LogP contribution is -2.04. The molecule has 0 saturated heterocycles. The number of nitrogens with zero attached hydrogens (tertiary/aromatic N) is 4. The number of methoxy groups -OCH3 is 2. The maximum absolute atomic E-state index is 8.99. The van der Waals surface area contributed by atoms with E-state index in [1.165, 1.54) is 7.11 Å². The second kappa shape index (κ2) is 5.84. The summed E-state index contributed by atoms with van der Waals surface area (Å²) in [6, 6.07) is 7.28. The van der Waals surface area contributed by atoms with Crippen molar-refractivity contribution < 1.29 is 9.47 Å². The van der Waals surface area contributed by atoms with Crippen LogP contribution in [0.1, 0.15) is 5.56 Å². The fraction of sp³-hybridized carbons (Fsp3) is 0.231. The molecule has 7 nitrogen and oxygen atoms in total. The molecule has 1 aromatic heterocycles. The molecular weight excluding hydrogens is 258 g/mol. The average molecular weight is 271 g/mol. The smallest absolute Gasteiger partial charge is 0.321 e. The Hall–Kier alpha value is -2.88. The lowest BCUT2D eigenvalue weighted by atomic mass is 10.1. The first-order chi connectivity index (χ1) is 9.71. The molecule has 1 heterocycles. The van der Waals surface area contributed by atoms with Gasteiger partial charge in [0.1, 0.15) is 5.75 Å². The van der Waals surface area contributed by atoms with Crippen molar-refractivity contribution in [2.24, 2.45) is 0 Å². The quantitative estimate of drug-likeness (QED) is 0.899. The molecule has 0 aliphatic carbocycles. The van der Waals surface area contributed by atoms with Gasteiger partial charge >= 0.3 is 6.01 Å². The highest BCUT2D eigenvalue weighted by Crippen LogP contribution is 2.29. The number of anilines is 1. The van der Waals surface area contributed by atoms with E-state index < -0.39 is 0 Å². The molecule has 0 bridgehead atoms. The molecule has 2 aromatic rings. The summed E-state index contributed by atoms with van der Waals surface area (Å²) in [5.41, 5.74) is 1.09. The molecule has 0 atom stereocenters. The number of aromatic nitrogens is 3. The third kappa shape index (κ3) is 2.59. The van der Waals surface area contributed by atoms with E-state index in [2.05, 4.69) is 26.3 Å². The molecular formula is C13H13N5O2. The van der Waals surface area contributed by atoms with Crippen LogP contribution in [0.4, 0.5) is 5.95 Å². The highest BCUT2D eigenvalue weighted by atomic mass is 16.5. The SMILES string of the molecule is CNc1nc(OC)nc(-c2cc(C#N)ccc2OC)n1. The van der Waals surface area contributed by atoms with Crippen molar-refractivity contribution in [2.45, 2.75) is 0 Å². The van der Waals surface area contributed by atoms with E-state index in [9.17, 15) is 0 Å². The fourth-order valence-electron chi connectivity index (χ4n) is 1.63. The van der Waals surface area contributed by atoms with Crippen LogP contribution >= 0.6 is 0 Å². The van der Waals surface area contributed by atoms with Crippen LogP contribution in [-0.4, -0.2) is 36.2 Å². The maximum atomic E-state index is 8.99. The molecule has 0 fully saturated rings. The first-order valence-corrected chi connectivity index (χ1v) is 5.78. The van der Waals surface area contributed by atoms with Gasteiger partial charge < -0.3 is 14.8 Å². The van der Waals surface area contributed by atoms with Gasteiger partial charge in [-0.1, -0.05) is 0 Å². The minimum atomic E-state index is 0.184. The minimum absolute atomic E-state index is 0.184. The molecule has 20 heavy (non-hydrogen) atoms. The van der Waals surface area contributed by atoms with Gasteiger partial charge in [0.15, 0.2) is 5.82 Å². The average Bonchev–Trinajstić information content (AvgIpc) is 2.53. The normalized spacial score (nSPS) is 9.70. The van der Waals surface area contributed by atoms with E-state index in [0.717, 1.165) is 0 Å². The van der Waals surface area contributed by atoms with Crippen LogP contribution in [0.3, 0.4) is 0 Å². The van der Waals surface area contributed by atoms with Crippen LogP contribution in [0.5, 0.6) is 11.8 Å². The first kappa shape index (κ1) is 13.5. The summed E-state index contributed by atoms with van der Waals surface area (Å²) < 4.78 is 10.3. The summed E-state index contributed by atoms with van der Waals surface area (Å²) in [6.45, 7) is 0. The predicted molar refractivity (Wildman–Crippen MR) is 72.6 cm³/mol. The van der Waals surface area contributed by atoms with Gasteiger partial charge in [-0.25, -0.2) is 0 Å². The minimum Gasteiger partial charge on any atom is -0.496 e. The molecule has 0 saturated carbocycles. The topological polar surface area (TPSA) is 93.0 Å². The Bertz CT molecular complexity index is 644. The van der Waals surface area contributed by atoms with Crippen LogP contribution < -0.4 is 14.8 Å². The molecule has 1 N–H and O–H groups in total. The summed E-state index contributed by atoms with van der Waals surface area (Å²) in [7, 11) is 4.71. The number of ether oxygens (including phenoxy) is 2. The van der Waals surface area contributed by atoms with Crippen molar-refractivity contribution in [1.29, 1.82) is 5.26 Å². The Morgan fingerprint density at radius 1 is 1.15 bits per heavy atom. The third-order valence-corrected chi connectivity index (χ3v) is 2.59.